The number of carbonyl (C=O) groups excluding carboxylic acids is 1. The van der Waals surface area contributed by atoms with Crippen LogP contribution >= 0.6 is 23.2 Å². The Bertz CT molecular complexity index is 1220. The lowest BCUT2D eigenvalue weighted by atomic mass is 10.0. The van der Waals surface area contributed by atoms with Crippen LogP contribution < -0.4 is 10.1 Å². The number of benzene rings is 3. The number of nitrogens with zero attached hydrogens (tertiary/aromatic N) is 1. The first-order valence-electron chi connectivity index (χ1n) is 9.79. The largest absolute Gasteiger partial charge is 0.494 e. The van der Waals surface area contributed by atoms with Crippen LogP contribution in [0.3, 0.4) is 0 Å². The molecule has 3 rings (SSSR count). The van der Waals surface area contributed by atoms with Crippen molar-refractivity contribution in [2.45, 2.75) is 13.3 Å². The maximum Gasteiger partial charge on any atom is 0.266 e. The summed E-state index contributed by atoms with van der Waals surface area (Å²) in [5.41, 5.74) is 1.92. The van der Waals surface area contributed by atoms with Crippen LogP contribution in [0.2, 0.25) is 10.0 Å². The van der Waals surface area contributed by atoms with Crippen molar-refractivity contribution in [2.24, 2.45) is 0 Å². The molecule has 0 aliphatic heterocycles. The number of para-hydroxylation sites is 1. The molecule has 162 valence electrons. The van der Waals surface area contributed by atoms with Crippen molar-refractivity contribution < 1.29 is 13.9 Å². The minimum Gasteiger partial charge on any atom is -0.494 e. The number of hydrogen-bond donors (Lipinski definition) is 1. The fraction of sp³-hybridized carbons (Fsp3) is 0.120. The van der Waals surface area contributed by atoms with Gasteiger partial charge in [0.15, 0.2) is 0 Å². The van der Waals surface area contributed by atoms with Gasteiger partial charge in [-0.15, -0.1) is 0 Å². The van der Waals surface area contributed by atoms with E-state index in [1.165, 1.54) is 24.3 Å². The van der Waals surface area contributed by atoms with Crippen molar-refractivity contribution in [3.63, 3.8) is 0 Å². The molecule has 0 aliphatic carbocycles. The second-order valence-electron chi connectivity index (χ2n) is 6.78. The highest BCUT2D eigenvalue weighted by atomic mass is 35.5. The number of hydrogen-bond acceptors (Lipinski definition) is 3. The Hall–Kier alpha value is -3.33. The lowest BCUT2D eigenvalue weighted by Crippen LogP contribution is -2.14. The average molecular weight is 469 g/mol. The Kier molecular flexibility index (Phi) is 7.88. The third-order valence-corrected chi connectivity index (χ3v) is 5.31. The molecule has 0 unspecified atom stereocenters. The Morgan fingerprint density at radius 3 is 2.53 bits per heavy atom. The summed E-state index contributed by atoms with van der Waals surface area (Å²) >= 11 is 12.8. The summed E-state index contributed by atoms with van der Waals surface area (Å²) < 4.78 is 19.6. The minimum atomic E-state index is -0.730. The van der Waals surface area contributed by atoms with E-state index in [1.54, 1.807) is 24.3 Å². The van der Waals surface area contributed by atoms with Crippen LogP contribution in [0.15, 0.2) is 66.2 Å². The van der Waals surface area contributed by atoms with Gasteiger partial charge in [-0.25, -0.2) is 4.39 Å². The smallest absolute Gasteiger partial charge is 0.266 e. The molecule has 4 nitrogen and oxygen atoms in total. The summed E-state index contributed by atoms with van der Waals surface area (Å²) in [4.78, 5) is 12.5. The van der Waals surface area contributed by atoms with E-state index < -0.39 is 11.7 Å². The number of amides is 1. The van der Waals surface area contributed by atoms with Gasteiger partial charge in [-0.3, -0.25) is 4.79 Å². The van der Waals surface area contributed by atoms with E-state index in [1.807, 2.05) is 31.2 Å². The number of nitriles is 1. The van der Waals surface area contributed by atoms with Crippen molar-refractivity contribution in [1.29, 1.82) is 5.26 Å². The predicted octanol–water partition coefficient (Wildman–Crippen LogP) is 6.67. The topological polar surface area (TPSA) is 62.1 Å². The lowest BCUT2D eigenvalue weighted by Gasteiger charge is -2.14. The minimum absolute atomic E-state index is 0.0122. The summed E-state index contributed by atoms with van der Waals surface area (Å²) in [6, 6.07) is 18.4. The van der Waals surface area contributed by atoms with Gasteiger partial charge < -0.3 is 10.1 Å². The van der Waals surface area contributed by atoms with E-state index in [0.717, 1.165) is 11.1 Å². The number of carbonyl (C=O) groups is 1. The molecule has 1 N–H and O–H groups in total. The molecular formula is C25H19Cl2FN2O2. The van der Waals surface area contributed by atoms with Gasteiger partial charge in [0.1, 0.15) is 23.2 Å². The van der Waals surface area contributed by atoms with E-state index in [-0.39, 0.29) is 11.3 Å². The quantitative estimate of drug-likeness (QED) is 0.311. The fourth-order valence-electron chi connectivity index (χ4n) is 3.07. The molecule has 0 radical (unpaired) electrons. The van der Waals surface area contributed by atoms with Crippen molar-refractivity contribution in [1.82, 2.24) is 0 Å². The molecule has 0 fully saturated rings. The second kappa shape index (κ2) is 10.8. The monoisotopic (exact) mass is 468 g/mol. The first-order chi connectivity index (χ1) is 15.4. The molecule has 0 saturated carbocycles. The van der Waals surface area contributed by atoms with E-state index in [0.29, 0.717) is 34.4 Å². The van der Waals surface area contributed by atoms with E-state index >= 15 is 0 Å². The molecule has 0 saturated heterocycles. The molecule has 0 atom stereocenters. The fourth-order valence-corrected chi connectivity index (χ4v) is 3.56. The maximum absolute atomic E-state index is 13.8. The Labute approximate surface area is 195 Å². The first kappa shape index (κ1) is 23.3. The molecule has 3 aromatic carbocycles. The van der Waals surface area contributed by atoms with Crippen molar-refractivity contribution in [2.75, 3.05) is 11.9 Å². The molecule has 0 aliphatic rings. The van der Waals surface area contributed by atoms with Crippen molar-refractivity contribution in [3.8, 4) is 11.8 Å². The normalized spacial score (nSPS) is 11.0. The van der Waals surface area contributed by atoms with E-state index in [2.05, 4.69) is 5.32 Å². The van der Waals surface area contributed by atoms with Gasteiger partial charge >= 0.3 is 0 Å². The van der Waals surface area contributed by atoms with Gasteiger partial charge in [0.2, 0.25) is 0 Å². The summed E-state index contributed by atoms with van der Waals surface area (Å²) in [5.74, 6) is -0.798. The standard InChI is InChI=1S/C25H19Cl2FN2O2/c1-2-32-24-13-16(12-21(27)19(24)14-17-7-3-4-8-20(17)26)11-18(15-29)25(31)30-23-10-6-5-9-22(23)28/h3-13H,2,14H2,1H3,(H,30,31)/b18-11+. The van der Waals surface area contributed by atoms with Gasteiger partial charge in [0, 0.05) is 22.0 Å². The van der Waals surface area contributed by atoms with Crippen molar-refractivity contribution >= 4 is 40.9 Å². The maximum atomic E-state index is 13.8. The molecular weight excluding hydrogens is 450 g/mol. The summed E-state index contributed by atoms with van der Waals surface area (Å²) in [6.07, 6.45) is 1.83. The van der Waals surface area contributed by atoms with Crippen LogP contribution in [0.25, 0.3) is 6.08 Å². The third kappa shape index (κ3) is 5.67. The zero-order chi connectivity index (χ0) is 23.1. The highest BCUT2D eigenvalue weighted by Gasteiger charge is 2.16. The van der Waals surface area contributed by atoms with Crippen LogP contribution in [-0.2, 0) is 11.2 Å². The van der Waals surface area contributed by atoms with Gasteiger partial charge in [0.05, 0.1) is 12.3 Å². The zero-order valence-electron chi connectivity index (χ0n) is 17.2. The average Bonchev–Trinajstić information content (AvgIpc) is 2.77. The number of ether oxygens (including phenoxy) is 1. The molecule has 0 spiro atoms. The van der Waals surface area contributed by atoms with Crippen LogP contribution in [0.5, 0.6) is 5.75 Å². The second-order valence-corrected chi connectivity index (χ2v) is 7.60. The number of nitrogens with one attached hydrogen (secondary N) is 1. The lowest BCUT2D eigenvalue weighted by molar-refractivity contribution is -0.112. The van der Waals surface area contributed by atoms with Gasteiger partial charge in [0.25, 0.3) is 5.91 Å². The van der Waals surface area contributed by atoms with Gasteiger partial charge in [-0.1, -0.05) is 53.5 Å². The van der Waals surface area contributed by atoms with Crippen molar-refractivity contribution in [3.05, 3.63) is 98.8 Å². The highest BCUT2D eigenvalue weighted by Crippen LogP contribution is 2.33. The summed E-state index contributed by atoms with van der Waals surface area (Å²) in [6.45, 7) is 2.25. The van der Waals surface area contributed by atoms with Gasteiger partial charge in [-0.05, 0) is 54.5 Å². The molecule has 0 bridgehead atoms. The van der Waals surface area contributed by atoms with Crippen LogP contribution in [0.4, 0.5) is 10.1 Å². The third-order valence-electron chi connectivity index (χ3n) is 4.60. The number of rotatable bonds is 7. The zero-order valence-corrected chi connectivity index (χ0v) is 18.7. The molecule has 3 aromatic rings. The first-order valence-corrected chi connectivity index (χ1v) is 10.5. The number of halogens is 3. The SMILES string of the molecule is CCOc1cc(/C=C(\C#N)C(=O)Nc2ccccc2F)cc(Cl)c1Cc1ccccc1Cl. The molecule has 32 heavy (non-hydrogen) atoms. The Morgan fingerprint density at radius 2 is 1.84 bits per heavy atom. The van der Waals surface area contributed by atoms with E-state index in [9.17, 15) is 14.4 Å². The Morgan fingerprint density at radius 1 is 1.12 bits per heavy atom. The Balaban J connectivity index is 1.93. The predicted molar refractivity (Wildman–Crippen MR) is 125 cm³/mol. The van der Waals surface area contributed by atoms with Gasteiger partial charge in [-0.2, -0.15) is 5.26 Å². The molecule has 0 heterocycles. The molecule has 7 heteroatoms. The summed E-state index contributed by atoms with van der Waals surface area (Å²) in [7, 11) is 0. The van der Waals surface area contributed by atoms with Crippen LogP contribution in [0, 0.1) is 17.1 Å². The molecule has 1 amide bonds. The highest BCUT2D eigenvalue weighted by molar-refractivity contribution is 6.32. The van der Waals surface area contributed by atoms with Crippen LogP contribution in [0.1, 0.15) is 23.6 Å². The van der Waals surface area contributed by atoms with Crippen LogP contribution in [-0.4, -0.2) is 12.5 Å². The number of anilines is 1. The molecule has 0 aromatic heterocycles. The van der Waals surface area contributed by atoms with E-state index in [4.69, 9.17) is 27.9 Å². The summed E-state index contributed by atoms with van der Waals surface area (Å²) in [5, 5.41) is 12.9.